The normalized spacial score (nSPS) is 14.8. The van der Waals surface area contributed by atoms with E-state index in [9.17, 15) is 9.59 Å². The summed E-state index contributed by atoms with van der Waals surface area (Å²) in [5, 5.41) is 12.7. The first kappa shape index (κ1) is 33.7. The molecular weight excluding hydrogens is 643 g/mol. The van der Waals surface area contributed by atoms with Crippen LogP contribution in [0.1, 0.15) is 61.3 Å². The zero-order valence-corrected chi connectivity index (χ0v) is 29.2. The van der Waals surface area contributed by atoms with E-state index in [1.54, 1.807) is 54.7 Å². The van der Waals surface area contributed by atoms with Crippen LogP contribution in [0, 0.1) is 0 Å². The van der Waals surface area contributed by atoms with Crippen LogP contribution in [0.4, 0.5) is 15.7 Å². The molecule has 1 saturated heterocycles. The van der Waals surface area contributed by atoms with E-state index in [0.29, 0.717) is 58.7 Å². The lowest BCUT2D eigenvalue weighted by Crippen LogP contribution is -2.47. The smallest absolute Gasteiger partial charge is 0.410 e. The van der Waals surface area contributed by atoms with Gasteiger partial charge in [-0.25, -0.2) is 19.4 Å². The van der Waals surface area contributed by atoms with Gasteiger partial charge in [0.05, 0.1) is 13.7 Å². The van der Waals surface area contributed by atoms with E-state index in [0.717, 1.165) is 35.5 Å². The third kappa shape index (κ3) is 8.29. The number of nitrogens with zero attached hydrogens (tertiary/aromatic N) is 5. The minimum atomic E-state index is -0.576. The van der Waals surface area contributed by atoms with Crippen molar-refractivity contribution in [3.63, 3.8) is 0 Å². The molecule has 1 atom stereocenters. The second-order valence-corrected chi connectivity index (χ2v) is 14.0. The van der Waals surface area contributed by atoms with E-state index >= 15 is 0 Å². The Hall–Kier alpha value is -5.17. The first-order valence-corrected chi connectivity index (χ1v) is 17.2. The van der Waals surface area contributed by atoms with Crippen LogP contribution in [0.2, 0.25) is 0 Å². The quantitative estimate of drug-likeness (QED) is 0.155. The number of anilines is 2. The molecule has 0 unspecified atom stereocenters. The molecule has 0 saturated carbocycles. The van der Waals surface area contributed by atoms with E-state index in [1.807, 2.05) is 49.7 Å². The Morgan fingerprint density at radius 3 is 2.47 bits per heavy atom. The summed E-state index contributed by atoms with van der Waals surface area (Å²) in [5.74, 6) is 2.24. The summed E-state index contributed by atoms with van der Waals surface area (Å²) in [6.45, 7) is 9.23. The minimum absolute atomic E-state index is 0.0640. The molecular formula is C36H41N7O5S. The molecule has 3 aromatic heterocycles. The minimum Gasteiger partial charge on any atom is -0.497 e. The Morgan fingerprint density at radius 1 is 1.02 bits per heavy atom. The summed E-state index contributed by atoms with van der Waals surface area (Å²) in [4.78, 5) is 37.6. The number of hydrogen-bond acceptors (Lipinski definition) is 10. The average molecular weight is 684 g/mol. The third-order valence-electron chi connectivity index (χ3n) is 7.97. The Labute approximate surface area is 289 Å². The number of rotatable bonds is 10. The van der Waals surface area contributed by atoms with Crippen LogP contribution in [0.15, 0.2) is 67.0 Å². The van der Waals surface area contributed by atoms with Gasteiger partial charge in [0.15, 0.2) is 16.6 Å². The maximum atomic E-state index is 12.9. The Bertz CT molecular complexity index is 1920. The standard InChI is InChI=1S/C36H41N7O5S/c1-6-28-20-38-34(49-28)40-33(44)24-11-15-27(16-12-24)47-29-17-18-37-32-30(29)31(41-43(32)21-23-9-13-26(46-5)14-10-23)39-25-8-7-19-42(22-25)35(45)48-36(2,3)4/h9-18,20,25H,6-8,19,21-22H2,1-5H3,(H,39,41)(H,38,40,44)/t25-/m1/s1. The van der Waals surface area contributed by atoms with Crippen molar-refractivity contribution in [2.75, 3.05) is 30.8 Å². The SMILES string of the molecule is CCc1cnc(NC(=O)c2ccc(Oc3ccnc4c3c(N[C@@H]3CCCN(C(=O)OC(C)(C)C)C3)nn4Cc3ccc(OC)cc3)cc2)s1. The number of carbonyl (C=O) groups excluding carboxylic acids is 2. The molecule has 5 aromatic rings. The summed E-state index contributed by atoms with van der Waals surface area (Å²) in [7, 11) is 1.64. The van der Waals surface area contributed by atoms with Crippen LogP contribution >= 0.6 is 11.3 Å². The van der Waals surface area contributed by atoms with Gasteiger partial charge in [-0.2, -0.15) is 5.10 Å². The summed E-state index contributed by atoms with van der Waals surface area (Å²) in [6.07, 6.45) is 5.69. The molecule has 0 radical (unpaired) electrons. The number of amides is 2. The fourth-order valence-corrected chi connectivity index (χ4v) is 6.30. The lowest BCUT2D eigenvalue weighted by Gasteiger charge is -2.34. The highest BCUT2D eigenvalue weighted by Crippen LogP contribution is 2.35. The molecule has 0 aliphatic carbocycles. The molecule has 4 heterocycles. The Morgan fingerprint density at radius 2 is 1.78 bits per heavy atom. The zero-order valence-electron chi connectivity index (χ0n) is 28.4. The van der Waals surface area contributed by atoms with Gasteiger partial charge < -0.3 is 24.4 Å². The number of aromatic nitrogens is 4. The number of carbonyl (C=O) groups is 2. The number of hydrogen-bond donors (Lipinski definition) is 2. The topological polar surface area (TPSA) is 133 Å². The Kier molecular flexibility index (Phi) is 10.00. The van der Waals surface area contributed by atoms with Crippen molar-refractivity contribution in [2.24, 2.45) is 0 Å². The number of thiazole rings is 1. The van der Waals surface area contributed by atoms with E-state index < -0.39 is 5.60 Å². The Balaban J connectivity index is 1.26. The van der Waals surface area contributed by atoms with Gasteiger partial charge in [0.2, 0.25) is 0 Å². The molecule has 256 valence electrons. The number of aryl methyl sites for hydroxylation is 1. The van der Waals surface area contributed by atoms with Gasteiger partial charge in [0.25, 0.3) is 5.91 Å². The number of piperidine rings is 1. The predicted octanol–water partition coefficient (Wildman–Crippen LogP) is 7.36. The van der Waals surface area contributed by atoms with Gasteiger partial charge >= 0.3 is 6.09 Å². The molecule has 49 heavy (non-hydrogen) atoms. The van der Waals surface area contributed by atoms with Crippen molar-refractivity contribution in [3.8, 4) is 17.2 Å². The monoisotopic (exact) mass is 683 g/mol. The van der Waals surface area contributed by atoms with E-state index in [-0.39, 0.29) is 18.0 Å². The second kappa shape index (κ2) is 14.5. The highest BCUT2D eigenvalue weighted by molar-refractivity contribution is 7.15. The lowest BCUT2D eigenvalue weighted by atomic mass is 10.1. The van der Waals surface area contributed by atoms with E-state index in [1.165, 1.54) is 11.3 Å². The largest absolute Gasteiger partial charge is 0.497 e. The number of pyridine rings is 1. The maximum Gasteiger partial charge on any atom is 0.410 e. The number of likely N-dealkylation sites (tertiary alicyclic amines) is 1. The van der Waals surface area contributed by atoms with Gasteiger partial charge in [-0.15, -0.1) is 11.3 Å². The van der Waals surface area contributed by atoms with Crippen LogP contribution in [-0.4, -0.2) is 68.5 Å². The van der Waals surface area contributed by atoms with Crippen LogP contribution < -0.4 is 20.1 Å². The highest BCUT2D eigenvalue weighted by Gasteiger charge is 2.29. The molecule has 1 aliphatic heterocycles. The van der Waals surface area contributed by atoms with Crippen LogP contribution in [0.3, 0.4) is 0 Å². The molecule has 0 bridgehead atoms. The third-order valence-corrected chi connectivity index (χ3v) is 9.02. The summed E-state index contributed by atoms with van der Waals surface area (Å²) < 4.78 is 19.2. The first-order chi connectivity index (χ1) is 23.6. The predicted molar refractivity (Wildman–Crippen MR) is 190 cm³/mol. The number of fused-ring (bicyclic) bond motifs is 1. The van der Waals surface area contributed by atoms with Crippen molar-refractivity contribution in [1.82, 2.24) is 24.6 Å². The van der Waals surface area contributed by atoms with Crippen LogP contribution in [-0.2, 0) is 17.7 Å². The van der Waals surface area contributed by atoms with Crippen molar-refractivity contribution in [2.45, 2.75) is 65.1 Å². The maximum absolute atomic E-state index is 12.9. The molecule has 13 heteroatoms. The number of nitrogens with one attached hydrogen (secondary N) is 2. The first-order valence-electron chi connectivity index (χ1n) is 16.4. The van der Waals surface area contributed by atoms with Crippen molar-refractivity contribution < 1.29 is 23.8 Å². The lowest BCUT2D eigenvalue weighted by molar-refractivity contribution is 0.0206. The van der Waals surface area contributed by atoms with Gasteiger partial charge in [0.1, 0.15) is 28.2 Å². The zero-order chi connectivity index (χ0) is 34.5. The molecule has 1 aliphatic rings. The number of methoxy groups -OCH3 is 1. The van der Waals surface area contributed by atoms with Crippen LogP contribution in [0.25, 0.3) is 11.0 Å². The fraction of sp³-hybridized carbons (Fsp3) is 0.361. The van der Waals surface area contributed by atoms with Crippen molar-refractivity contribution >= 4 is 45.3 Å². The molecule has 1 fully saturated rings. The number of benzene rings is 2. The van der Waals surface area contributed by atoms with Crippen molar-refractivity contribution in [3.05, 3.63) is 83.0 Å². The molecule has 2 N–H and O–H groups in total. The summed E-state index contributed by atoms with van der Waals surface area (Å²) in [6, 6.07) is 16.5. The summed E-state index contributed by atoms with van der Waals surface area (Å²) in [5.41, 5.74) is 1.58. The van der Waals surface area contributed by atoms with E-state index in [4.69, 9.17) is 24.3 Å². The molecule has 2 aromatic carbocycles. The molecule has 0 spiro atoms. The van der Waals surface area contributed by atoms with Gasteiger partial charge in [-0.05, 0) is 82.0 Å². The molecule has 6 rings (SSSR count). The second-order valence-electron chi connectivity index (χ2n) is 12.8. The molecule has 12 nitrogen and oxygen atoms in total. The van der Waals surface area contributed by atoms with Gasteiger partial charge in [-0.1, -0.05) is 19.1 Å². The van der Waals surface area contributed by atoms with Crippen LogP contribution in [0.5, 0.6) is 17.2 Å². The van der Waals surface area contributed by atoms with Gasteiger partial charge in [0, 0.05) is 48.0 Å². The number of ether oxygens (including phenoxy) is 3. The summed E-state index contributed by atoms with van der Waals surface area (Å²) >= 11 is 1.46. The van der Waals surface area contributed by atoms with Gasteiger partial charge in [-0.3, -0.25) is 10.1 Å². The van der Waals surface area contributed by atoms with Crippen molar-refractivity contribution in [1.29, 1.82) is 0 Å². The average Bonchev–Trinajstić information content (AvgIpc) is 3.69. The highest BCUT2D eigenvalue weighted by atomic mass is 32.1. The molecule has 2 amide bonds. The van der Waals surface area contributed by atoms with E-state index in [2.05, 4.69) is 22.5 Å². The fourth-order valence-electron chi connectivity index (χ4n) is 5.55.